The van der Waals surface area contributed by atoms with Gasteiger partial charge in [-0.3, -0.25) is 0 Å². The van der Waals surface area contributed by atoms with Gasteiger partial charge in [0.15, 0.2) is 0 Å². The fourth-order valence-electron chi connectivity index (χ4n) is 12.4. The van der Waals surface area contributed by atoms with E-state index in [1.165, 1.54) is 22.3 Å². The molecule has 536 valence electrons. The summed E-state index contributed by atoms with van der Waals surface area (Å²) in [7, 11) is 0. The largest absolute Gasteiger partial charge is 0.519 e. The van der Waals surface area contributed by atoms with Gasteiger partial charge in [-0.05, 0) is 202 Å². The van der Waals surface area contributed by atoms with Gasteiger partial charge in [-0.15, -0.1) is 0 Å². The zero-order valence-electron chi connectivity index (χ0n) is 60.6. The molecule has 10 rings (SSSR count). The van der Waals surface area contributed by atoms with Crippen LogP contribution in [-0.2, 0) is 29.1 Å². The normalized spacial score (nSPS) is 11.9. The molecular weight excluding hydrogens is 1310 g/mol. The molecule has 105 heavy (non-hydrogen) atoms. The fourth-order valence-corrected chi connectivity index (χ4v) is 12.4. The molecule has 0 fully saturated rings. The van der Waals surface area contributed by atoms with Crippen molar-refractivity contribution in [2.45, 2.75) is 82.8 Å². The highest BCUT2D eigenvalue weighted by molar-refractivity contribution is 5.68. The molecule has 0 amide bonds. The maximum Gasteiger partial charge on any atom is 0.519 e. The van der Waals surface area contributed by atoms with Gasteiger partial charge in [0.05, 0.1) is 13.1 Å². The fraction of sp³-hybridized carbons (Fsp3) is 0.187. The van der Waals surface area contributed by atoms with E-state index in [-0.39, 0.29) is 13.2 Å². The Morgan fingerprint density at radius 1 is 0.314 bits per heavy atom. The van der Waals surface area contributed by atoms with Gasteiger partial charge in [0, 0.05) is 63.8 Å². The van der Waals surface area contributed by atoms with E-state index in [2.05, 4.69) is 130 Å². The number of benzene rings is 10. The van der Waals surface area contributed by atoms with Crippen LogP contribution in [0.2, 0.25) is 0 Å². The molecule has 10 aromatic rings. The third-order valence-corrected chi connectivity index (χ3v) is 19.0. The van der Waals surface area contributed by atoms with Crippen molar-refractivity contribution in [3.63, 3.8) is 0 Å². The second-order valence-corrected chi connectivity index (χ2v) is 27.1. The van der Waals surface area contributed by atoms with Crippen LogP contribution >= 0.6 is 0 Å². The first-order chi connectivity index (χ1) is 50.6. The summed E-state index contributed by atoms with van der Waals surface area (Å²) in [5, 5.41) is 22.0. The number of anilines is 4. The molecule has 0 aromatic heterocycles. The lowest BCUT2D eigenvalue weighted by atomic mass is 9.78. The first-order valence-corrected chi connectivity index (χ1v) is 34.8. The summed E-state index contributed by atoms with van der Waals surface area (Å²) in [6.07, 6.45) is 8.56. The van der Waals surface area contributed by atoms with Crippen molar-refractivity contribution in [3.8, 4) is 34.5 Å². The summed E-state index contributed by atoms with van der Waals surface area (Å²) in [5.74, 6) is 2.57. The van der Waals surface area contributed by atoms with E-state index in [9.17, 15) is 19.8 Å². The molecule has 10 aromatic carbocycles. The van der Waals surface area contributed by atoms with Crippen molar-refractivity contribution in [1.82, 2.24) is 0 Å². The van der Waals surface area contributed by atoms with E-state index in [0.29, 0.717) is 47.6 Å². The molecular formula is C91H92N4O10. The lowest BCUT2D eigenvalue weighted by Gasteiger charge is -2.27. The van der Waals surface area contributed by atoms with Gasteiger partial charge in [0.1, 0.15) is 59.9 Å². The van der Waals surface area contributed by atoms with E-state index in [0.717, 1.165) is 69.0 Å². The molecule has 0 aliphatic rings. The Balaban J connectivity index is 0.625. The first-order valence-electron chi connectivity index (χ1n) is 34.8. The number of hydrogen-bond acceptors (Lipinski definition) is 14. The summed E-state index contributed by atoms with van der Waals surface area (Å²) < 4.78 is 34.5. The molecule has 0 saturated heterocycles. The SMILES string of the molecule is C=CN(C=C)c1ccc(Cc2ccc(N(C=C)CC(O)COc3ccc(C(C)(C)c4ccc(OC(=O)Oc5ccc(C(C)(C)c6ccc(OC(=O)Oc7ccc(C(C)(C)c8ccc(OCC(O)CN(C=C)c9ccc(Cc%10ccc(N(C=C)C=C)cc%10)cc9)cc8)cc7)cc6)cc5)cc4)cc3)cc2)cc1. The summed E-state index contributed by atoms with van der Waals surface area (Å²) in [6, 6.07) is 77.9. The molecule has 14 heteroatoms. The Kier molecular flexibility index (Phi) is 25.0. The Morgan fingerprint density at radius 3 is 0.733 bits per heavy atom. The van der Waals surface area contributed by atoms with Crippen LogP contribution in [0, 0.1) is 0 Å². The van der Waals surface area contributed by atoms with Crippen molar-refractivity contribution < 1.29 is 48.2 Å². The van der Waals surface area contributed by atoms with Crippen LogP contribution in [0.4, 0.5) is 32.3 Å². The molecule has 0 spiro atoms. The van der Waals surface area contributed by atoms with Crippen LogP contribution in [-0.4, -0.2) is 61.0 Å². The van der Waals surface area contributed by atoms with E-state index >= 15 is 0 Å². The average Bonchev–Trinajstić information content (AvgIpc) is 0.810. The van der Waals surface area contributed by atoms with E-state index in [1.54, 1.807) is 85.7 Å². The molecule has 0 saturated carbocycles. The van der Waals surface area contributed by atoms with Crippen LogP contribution < -0.4 is 48.0 Å². The highest BCUT2D eigenvalue weighted by Crippen LogP contribution is 2.38. The Hall–Kier alpha value is -12.1. The zero-order chi connectivity index (χ0) is 74.7. The van der Waals surface area contributed by atoms with E-state index in [4.69, 9.17) is 28.4 Å². The maximum atomic E-state index is 13.0. The monoisotopic (exact) mass is 1400 g/mol. The molecule has 14 nitrogen and oxygen atoms in total. The highest BCUT2D eigenvalue weighted by Gasteiger charge is 2.28. The number of carbonyl (C=O) groups excluding carboxylic acids is 2. The minimum atomic E-state index is -0.872. The number of rotatable bonds is 34. The van der Waals surface area contributed by atoms with Crippen molar-refractivity contribution in [1.29, 1.82) is 0 Å². The minimum Gasteiger partial charge on any atom is -0.491 e. The molecule has 0 bridgehead atoms. The highest BCUT2D eigenvalue weighted by atomic mass is 16.7. The third kappa shape index (κ3) is 19.8. The van der Waals surface area contributed by atoms with Gasteiger partial charge >= 0.3 is 12.3 Å². The van der Waals surface area contributed by atoms with Crippen LogP contribution in [0.15, 0.2) is 319 Å². The summed E-state index contributed by atoms with van der Waals surface area (Å²) in [5.41, 5.74) is 13.2. The lowest BCUT2D eigenvalue weighted by Crippen LogP contribution is -2.32. The number of carbonyl (C=O) groups is 2. The van der Waals surface area contributed by atoms with Crippen LogP contribution in [0.5, 0.6) is 34.5 Å². The van der Waals surface area contributed by atoms with Crippen LogP contribution in [0.3, 0.4) is 0 Å². The Labute approximate surface area is 618 Å². The van der Waals surface area contributed by atoms with Crippen molar-refractivity contribution in [3.05, 3.63) is 375 Å². The van der Waals surface area contributed by atoms with Crippen molar-refractivity contribution >= 4 is 35.1 Å². The van der Waals surface area contributed by atoms with Gasteiger partial charge in [-0.25, -0.2) is 9.59 Å². The zero-order valence-corrected chi connectivity index (χ0v) is 60.6. The lowest BCUT2D eigenvalue weighted by molar-refractivity contribution is 0.114. The summed E-state index contributed by atoms with van der Waals surface area (Å²) >= 11 is 0. The summed E-state index contributed by atoms with van der Waals surface area (Å²) in [4.78, 5) is 33.6. The second kappa shape index (κ2) is 34.7. The average molecular weight is 1400 g/mol. The molecule has 0 radical (unpaired) electrons. The molecule has 2 unspecified atom stereocenters. The van der Waals surface area contributed by atoms with Gasteiger partial charge in [0.25, 0.3) is 0 Å². The van der Waals surface area contributed by atoms with Gasteiger partial charge in [0.2, 0.25) is 0 Å². The van der Waals surface area contributed by atoms with Crippen molar-refractivity contribution in [2.24, 2.45) is 0 Å². The number of aliphatic hydroxyl groups is 2. The smallest absolute Gasteiger partial charge is 0.491 e. The molecule has 2 N–H and O–H groups in total. The molecule has 0 heterocycles. The third-order valence-electron chi connectivity index (χ3n) is 19.0. The number of nitrogens with zero attached hydrogens (tertiary/aromatic N) is 4. The van der Waals surface area contributed by atoms with Crippen molar-refractivity contribution in [2.75, 3.05) is 45.9 Å². The van der Waals surface area contributed by atoms with Gasteiger partial charge in [-0.1, -0.05) is 202 Å². The summed E-state index contributed by atoms with van der Waals surface area (Å²) in [6.45, 7) is 36.7. The van der Waals surface area contributed by atoms with Gasteiger partial charge in [-0.2, -0.15) is 0 Å². The van der Waals surface area contributed by atoms with Crippen LogP contribution in [0.1, 0.15) is 97.2 Å². The Morgan fingerprint density at radius 2 is 0.524 bits per heavy atom. The first kappa shape index (κ1) is 75.6. The van der Waals surface area contributed by atoms with E-state index < -0.39 is 40.8 Å². The number of aliphatic hydroxyl groups excluding tert-OH is 2. The van der Waals surface area contributed by atoms with Crippen LogP contribution in [0.25, 0.3) is 0 Å². The number of ether oxygens (including phenoxy) is 6. The second-order valence-electron chi connectivity index (χ2n) is 27.1. The molecule has 2 atom stereocenters. The predicted octanol–water partition coefficient (Wildman–Crippen LogP) is 20.0. The number of hydrogen-bond donors (Lipinski definition) is 2. The standard InChI is InChI=1S/C91H92N4O10/c1-13-92(14-2)75-39-19-65(20-40-75)59-67-23-43-77(44-24-67)94(17-5)61-79(96)63-100-81-47-27-69(28-48-81)89(7,8)71-31-51-83(52-32-71)102-87(98)104-85-55-35-73(36-56-85)91(11,12)74-37-57-86(58-38-74)105-88(99)103-84-53-33-72(34-54-84)90(9,10)70-29-49-82(50-30-70)101-64-80(97)62-95(18-6)78-45-25-68(26-46-78)60-66-21-41-76(42-22-66)93(15-3)16-4/h13-58,79-80,96-97H,1-6,59-64H2,7-12H3. The minimum absolute atomic E-state index is 0.0932. The quantitative estimate of drug-likeness (QED) is 0.0292. The topological polar surface area (TPSA) is 143 Å². The van der Waals surface area contributed by atoms with Gasteiger partial charge < -0.3 is 58.2 Å². The maximum absolute atomic E-state index is 13.0. The molecule has 0 aliphatic carbocycles. The Bertz CT molecular complexity index is 4250. The predicted molar refractivity (Wildman–Crippen MR) is 424 cm³/mol. The van der Waals surface area contributed by atoms with E-state index in [1.807, 2.05) is 165 Å². The molecule has 0 aliphatic heterocycles.